The van der Waals surface area contributed by atoms with E-state index in [0.29, 0.717) is 0 Å². The highest BCUT2D eigenvalue weighted by molar-refractivity contribution is 7.12. The average molecular weight is 264 g/mol. The number of nitrogens with zero attached hydrogens (tertiary/aromatic N) is 1. The third-order valence-electron chi connectivity index (χ3n) is 4.49. The Kier molecular flexibility index (Phi) is 3.73. The summed E-state index contributed by atoms with van der Waals surface area (Å²) in [4.78, 5) is 5.69. The summed E-state index contributed by atoms with van der Waals surface area (Å²) >= 11 is 1.94. The smallest absolute Gasteiger partial charge is 0.0253 e. The minimum absolute atomic E-state index is 0.757. The highest BCUT2D eigenvalue weighted by Crippen LogP contribution is 2.29. The first kappa shape index (κ1) is 12.6. The van der Waals surface area contributed by atoms with Gasteiger partial charge in [-0.1, -0.05) is 0 Å². The van der Waals surface area contributed by atoms with Gasteiger partial charge in [0.25, 0.3) is 0 Å². The molecule has 1 N–H and O–H groups in total. The summed E-state index contributed by atoms with van der Waals surface area (Å²) in [7, 11) is 0. The number of thiophene rings is 1. The van der Waals surface area contributed by atoms with Crippen molar-refractivity contribution in [2.24, 2.45) is 0 Å². The molecule has 2 fully saturated rings. The van der Waals surface area contributed by atoms with Crippen LogP contribution in [0, 0.1) is 13.8 Å². The Balaban J connectivity index is 1.69. The number of aryl methyl sites for hydroxylation is 2. The van der Waals surface area contributed by atoms with Crippen LogP contribution in [0.1, 0.15) is 41.0 Å². The van der Waals surface area contributed by atoms with E-state index in [1.54, 1.807) is 5.56 Å². The molecule has 0 amide bonds. The van der Waals surface area contributed by atoms with E-state index < -0.39 is 0 Å². The lowest BCUT2D eigenvalue weighted by molar-refractivity contribution is 0.206. The Morgan fingerprint density at radius 3 is 2.89 bits per heavy atom. The number of hydrogen-bond donors (Lipinski definition) is 1. The largest absolute Gasteiger partial charge is 0.312 e. The van der Waals surface area contributed by atoms with Crippen LogP contribution >= 0.6 is 11.3 Å². The summed E-state index contributed by atoms with van der Waals surface area (Å²) in [6.45, 7) is 8.18. The van der Waals surface area contributed by atoms with E-state index in [1.807, 2.05) is 11.3 Å². The van der Waals surface area contributed by atoms with Crippen molar-refractivity contribution in [1.29, 1.82) is 0 Å². The SMILES string of the molecule is Cc1cc(CN2CCCC2C2CCCN2)c(C)s1. The molecule has 0 saturated carbocycles. The van der Waals surface area contributed by atoms with Gasteiger partial charge in [0.05, 0.1) is 0 Å². The van der Waals surface area contributed by atoms with E-state index in [4.69, 9.17) is 0 Å². The molecule has 2 unspecified atom stereocenters. The number of hydrogen-bond acceptors (Lipinski definition) is 3. The Bertz CT molecular complexity index is 407. The lowest BCUT2D eigenvalue weighted by Crippen LogP contribution is -2.43. The van der Waals surface area contributed by atoms with Gasteiger partial charge in [0, 0.05) is 28.4 Å². The summed E-state index contributed by atoms with van der Waals surface area (Å²) in [6, 6.07) is 3.93. The van der Waals surface area contributed by atoms with Gasteiger partial charge in [-0.2, -0.15) is 0 Å². The van der Waals surface area contributed by atoms with E-state index in [9.17, 15) is 0 Å². The highest BCUT2D eigenvalue weighted by Gasteiger charge is 2.33. The van der Waals surface area contributed by atoms with E-state index in [2.05, 4.69) is 30.1 Å². The number of nitrogens with one attached hydrogen (secondary N) is 1. The molecule has 3 heteroatoms. The molecule has 2 saturated heterocycles. The molecule has 3 rings (SSSR count). The predicted octanol–water partition coefficient (Wildman–Crippen LogP) is 3.08. The Morgan fingerprint density at radius 1 is 1.33 bits per heavy atom. The quantitative estimate of drug-likeness (QED) is 0.902. The van der Waals surface area contributed by atoms with Crippen molar-refractivity contribution in [3.63, 3.8) is 0 Å². The van der Waals surface area contributed by atoms with Crippen LogP contribution in [0.3, 0.4) is 0 Å². The van der Waals surface area contributed by atoms with Crippen LogP contribution in [0.5, 0.6) is 0 Å². The third-order valence-corrected chi connectivity index (χ3v) is 5.50. The molecule has 1 aromatic heterocycles. The summed E-state index contributed by atoms with van der Waals surface area (Å²) in [5.41, 5.74) is 1.56. The molecule has 0 bridgehead atoms. The topological polar surface area (TPSA) is 15.3 Å². The number of rotatable bonds is 3. The van der Waals surface area contributed by atoms with Gasteiger partial charge in [0.1, 0.15) is 0 Å². The Morgan fingerprint density at radius 2 is 2.22 bits per heavy atom. The first-order chi connectivity index (χ1) is 8.74. The van der Waals surface area contributed by atoms with Gasteiger partial charge in [-0.3, -0.25) is 4.90 Å². The molecular formula is C15H24N2S. The van der Waals surface area contributed by atoms with E-state index in [0.717, 1.165) is 12.1 Å². The van der Waals surface area contributed by atoms with Crippen molar-refractivity contribution in [2.75, 3.05) is 13.1 Å². The van der Waals surface area contributed by atoms with Crippen molar-refractivity contribution in [3.8, 4) is 0 Å². The van der Waals surface area contributed by atoms with Crippen LogP contribution in [-0.4, -0.2) is 30.1 Å². The minimum Gasteiger partial charge on any atom is -0.312 e. The molecule has 0 spiro atoms. The average Bonchev–Trinajstić information content (AvgIpc) is 3.01. The van der Waals surface area contributed by atoms with Gasteiger partial charge in [-0.25, -0.2) is 0 Å². The lowest BCUT2D eigenvalue weighted by Gasteiger charge is -2.29. The second-order valence-electron chi connectivity index (χ2n) is 5.82. The molecule has 3 heterocycles. The van der Waals surface area contributed by atoms with Crippen LogP contribution in [0.25, 0.3) is 0 Å². The lowest BCUT2D eigenvalue weighted by atomic mass is 10.0. The van der Waals surface area contributed by atoms with E-state index >= 15 is 0 Å². The van der Waals surface area contributed by atoms with Crippen molar-refractivity contribution < 1.29 is 0 Å². The highest BCUT2D eigenvalue weighted by atomic mass is 32.1. The Labute approximate surface area is 114 Å². The second kappa shape index (κ2) is 5.32. The van der Waals surface area contributed by atoms with Crippen LogP contribution in [0.4, 0.5) is 0 Å². The summed E-state index contributed by atoms with van der Waals surface area (Å²) in [5.74, 6) is 0. The maximum absolute atomic E-state index is 3.70. The molecule has 0 aromatic carbocycles. The molecule has 0 aliphatic carbocycles. The molecule has 2 nitrogen and oxygen atoms in total. The maximum Gasteiger partial charge on any atom is 0.0253 e. The normalized spacial score (nSPS) is 29.2. The zero-order valence-electron chi connectivity index (χ0n) is 11.5. The maximum atomic E-state index is 3.70. The monoisotopic (exact) mass is 264 g/mol. The first-order valence-corrected chi connectivity index (χ1v) is 8.09. The van der Waals surface area contributed by atoms with Crippen molar-refractivity contribution in [2.45, 2.75) is 58.2 Å². The fourth-order valence-corrected chi connectivity index (χ4v) is 4.54. The fraction of sp³-hybridized carbons (Fsp3) is 0.733. The van der Waals surface area contributed by atoms with Gasteiger partial charge in [0.15, 0.2) is 0 Å². The van der Waals surface area contributed by atoms with Gasteiger partial charge < -0.3 is 5.32 Å². The van der Waals surface area contributed by atoms with Crippen LogP contribution in [0.15, 0.2) is 6.07 Å². The van der Waals surface area contributed by atoms with Crippen LogP contribution in [-0.2, 0) is 6.54 Å². The standard InChI is InChI=1S/C15H24N2S/c1-11-9-13(12(2)18-11)10-17-8-4-6-15(17)14-5-3-7-16-14/h9,14-16H,3-8,10H2,1-2H3. The first-order valence-electron chi connectivity index (χ1n) is 7.27. The Hall–Kier alpha value is -0.380. The molecule has 100 valence electrons. The second-order valence-corrected chi connectivity index (χ2v) is 7.28. The zero-order valence-corrected chi connectivity index (χ0v) is 12.4. The van der Waals surface area contributed by atoms with Crippen LogP contribution < -0.4 is 5.32 Å². The van der Waals surface area contributed by atoms with Gasteiger partial charge in [-0.15, -0.1) is 11.3 Å². The fourth-order valence-electron chi connectivity index (χ4n) is 3.60. The molecule has 2 aliphatic heterocycles. The minimum atomic E-state index is 0.757. The van der Waals surface area contributed by atoms with Crippen molar-refractivity contribution in [1.82, 2.24) is 10.2 Å². The van der Waals surface area contributed by atoms with E-state index in [-0.39, 0.29) is 0 Å². The third kappa shape index (κ3) is 2.49. The van der Waals surface area contributed by atoms with Crippen LogP contribution in [0.2, 0.25) is 0 Å². The molecular weight excluding hydrogens is 240 g/mol. The molecule has 2 aliphatic rings. The van der Waals surface area contributed by atoms with Gasteiger partial charge in [0.2, 0.25) is 0 Å². The molecule has 0 radical (unpaired) electrons. The summed E-state index contributed by atoms with van der Waals surface area (Å²) < 4.78 is 0. The molecule has 1 aromatic rings. The molecule has 2 atom stereocenters. The van der Waals surface area contributed by atoms with Crippen molar-refractivity contribution in [3.05, 3.63) is 21.4 Å². The number of likely N-dealkylation sites (tertiary alicyclic amines) is 1. The van der Waals surface area contributed by atoms with E-state index in [1.165, 1.54) is 55.1 Å². The zero-order chi connectivity index (χ0) is 12.5. The molecule has 18 heavy (non-hydrogen) atoms. The van der Waals surface area contributed by atoms with Crippen molar-refractivity contribution >= 4 is 11.3 Å². The predicted molar refractivity (Wildman–Crippen MR) is 78.2 cm³/mol. The van der Waals surface area contributed by atoms with Gasteiger partial charge >= 0.3 is 0 Å². The van der Waals surface area contributed by atoms with Gasteiger partial charge in [-0.05, 0) is 64.3 Å². The summed E-state index contributed by atoms with van der Waals surface area (Å²) in [6.07, 6.45) is 5.51. The summed E-state index contributed by atoms with van der Waals surface area (Å²) in [5, 5.41) is 3.70.